The van der Waals surface area contributed by atoms with Gasteiger partial charge < -0.3 is 15.0 Å². The number of amides is 1. The van der Waals surface area contributed by atoms with Crippen molar-refractivity contribution in [3.05, 3.63) is 18.2 Å². The van der Waals surface area contributed by atoms with Gasteiger partial charge in [0.05, 0.1) is 0 Å². The molecule has 0 unspecified atom stereocenters. The number of nitrogens with one attached hydrogen (secondary N) is 3. The molecule has 1 saturated heterocycles. The van der Waals surface area contributed by atoms with E-state index in [1.54, 1.807) is 19.3 Å². The van der Waals surface area contributed by atoms with Crippen LogP contribution in [0.15, 0.2) is 12.4 Å². The number of carbonyl (C=O) groups excluding carboxylic acids is 2. The van der Waals surface area contributed by atoms with Crippen LogP contribution >= 0.6 is 0 Å². The van der Waals surface area contributed by atoms with E-state index in [1.807, 2.05) is 20.8 Å². The van der Waals surface area contributed by atoms with Crippen LogP contribution in [0, 0.1) is 5.92 Å². The van der Waals surface area contributed by atoms with Crippen molar-refractivity contribution < 1.29 is 14.3 Å². The standard InChI is InChI=1S/C21H36N4O3/c1-7-14(8-2)11-16(24-13(3)26)18-15(19-22-9-10-23-19)12-17(25-18)20(27)28-21(4,5)6/h9-10,14-18,25H,7-8,11-12H2,1-6H3,(H,22,23)(H,24,26)/t15-,16+,17-,18-/m1/s1. The average Bonchev–Trinajstić information content (AvgIpc) is 3.25. The number of aromatic amines is 1. The molecule has 1 aromatic rings. The largest absolute Gasteiger partial charge is 0.459 e. The van der Waals surface area contributed by atoms with Gasteiger partial charge >= 0.3 is 5.97 Å². The molecule has 0 radical (unpaired) electrons. The van der Waals surface area contributed by atoms with Gasteiger partial charge in [0.1, 0.15) is 17.5 Å². The fourth-order valence-electron chi connectivity index (χ4n) is 4.05. The Bertz CT molecular complexity index is 635. The third-order valence-electron chi connectivity index (χ3n) is 5.44. The number of aromatic nitrogens is 2. The van der Waals surface area contributed by atoms with Gasteiger partial charge in [-0.15, -0.1) is 0 Å². The number of nitrogens with zero attached hydrogens (tertiary/aromatic N) is 1. The van der Waals surface area contributed by atoms with E-state index in [4.69, 9.17) is 4.74 Å². The van der Waals surface area contributed by atoms with Crippen LogP contribution < -0.4 is 10.6 Å². The minimum atomic E-state index is -0.538. The minimum absolute atomic E-state index is 0.00118. The lowest BCUT2D eigenvalue weighted by Crippen LogP contribution is -2.52. The fourth-order valence-corrected chi connectivity index (χ4v) is 4.05. The maximum absolute atomic E-state index is 12.7. The van der Waals surface area contributed by atoms with Crippen molar-refractivity contribution in [2.75, 3.05) is 0 Å². The minimum Gasteiger partial charge on any atom is -0.459 e. The van der Waals surface area contributed by atoms with Gasteiger partial charge in [0.25, 0.3) is 0 Å². The summed E-state index contributed by atoms with van der Waals surface area (Å²) >= 11 is 0. The van der Waals surface area contributed by atoms with Gasteiger partial charge in [-0.2, -0.15) is 0 Å². The molecule has 2 heterocycles. The van der Waals surface area contributed by atoms with E-state index in [2.05, 4.69) is 34.4 Å². The average molecular weight is 393 g/mol. The van der Waals surface area contributed by atoms with Gasteiger partial charge in [-0.3, -0.25) is 14.9 Å². The zero-order valence-electron chi connectivity index (χ0n) is 18.0. The van der Waals surface area contributed by atoms with Crippen LogP contribution in [-0.2, 0) is 14.3 Å². The first-order valence-electron chi connectivity index (χ1n) is 10.4. The summed E-state index contributed by atoms with van der Waals surface area (Å²) in [7, 11) is 0. The van der Waals surface area contributed by atoms with E-state index in [9.17, 15) is 9.59 Å². The number of rotatable bonds is 8. The third-order valence-corrected chi connectivity index (χ3v) is 5.44. The van der Waals surface area contributed by atoms with Crippen molar-refractivity contribution in [2.24, 2.45) is 5.92 Å². The Morgan fingerprint density at radius 1 is 1.32 bits per heavy atom. The lowest BCUT2D eigenvalue weighted by Gasteiger charge is -2.31. The van der Waals surface area contributed by atoms with Crippen LogP contribution in [0.1, 0.15) is 79.0 Å². The SMILES string of the molecule is CCC(CC)C[C@H](NC(C)=O)[C@@H]1N[C@@H](C(=O)OC(C)(C)C)C[C@H]1c1ncc[nH]1. The summed E-state index contributed by atoms with van der Waals surface area (Å²) in [4.78, 5) is 32.2. The Labute approximate surface area is 168 Å². The van der Waals surface area contributed by atoms with E-state index in [0.717, 1.165) is 25.1 Å². The van der Waals surface area contributed by atoms with E-state index < -0.39 is 11.6 Å². The molecule has 1 aliphatic rings. The van der Waals surface area contributed by atoms with E-state index >= 15 is 0 Å². The molecule has 28 heavy (non-hydrogen) atoms. The van der Waals surface area contributed by atoms with Crippen molar-refractivity contribution in [3.8, 4) is 0 Å². The molecule has 7 nitrogen and oxygen atoms in total. The van der Waals surface area contributed by atoms with Crippen molar-refractivity contribution in [1.29, 1.82) is 0 Å². The number of hydrogen-bond donors (Lipinski definition) is 3. The first-order chi connectivity index (χ1) is 13.1. The quantitative estimate of drug-likeness (QED) is 0.591. The summed E-state index contributed by atoms with van der Waals surface area (Å²) in [5.41, 5.74) is -0.538. The monoisotopic (exact) mass is 392 g/mol. The zero-order valence-corrected chi connectivity index (χ0v) is 18.0. The molecule has 1 amide bonds. The summed E-state index contributed by atoms with van der Waals surface area (Å²) in [5, 5.41) is 6.59. The Morgan fingerprint density at radius 2 is 2.00 bits per heavy atom. The smallest absolute Gasteiger partial charge is 0.323 e. The predicted molar refractivity (Wildman–Crippen MR) is 109 cm³/mol. The van der Waals surface area contributed by atoms with E-state index in [1.165, 1.54) is 0 Å². The van der Waals surface area contributed by atoms with Crippen molar-refractivity contribution in [2.45, 2.75) is 96.9 Å². The lowest BCUT2D eigenvalue weighted by atomic mass is 9.85. The second-order valence-electron chi connectivity index (χ2n) is 8.82. The Hall–Kier alpha value is -1.89. The highest BCUT2D eigenvalue weighted by Gasteiger charge is 2.44. The second-order valence-corrected chi connectivity index (χ2v) is 8.82. The molecule has 1 aromatic heterocycles. The van der Waals surface area contributed by atoms with Crippen LogP contribution in [0.4, 0.5) is 0 Å². The highest BCUT2D eigenvalue weighted by molar-refractivity contribution is 5.77. The Kier molecular flexibility index (Phi) is 7.63. The second kappa shape index (κ2) is 9.54. The van der Waals surface area contributed by atoms with Crippen LogP contribution in [0.5, 0.6) is 0 Å². The van der Waals surface area contributed by atoms with Crippen LogP contribution in [0.2, 0.25) is 0 Å². The molecule has 0 bridgehead atoms. The molecule has 0 saturated carbocycles. The fraction of sp³-hybridized carbons (Fsp3) is 0.762. The number of ether oxygens (including phenoxy) is 1. The summed E-state index contributed by atoms with van der Waals surface area (Å²) in [5.74, 6) is 1.03. The van der Waals surface area contributed by atoms with Gasteiger partial charge in [0, 0.05) is 37.3 Å². The van der Waals surface area contributed by atoms with Crippen LogP contribution in [0.3, 0.4) is 0 Å². The molecule has 0 spiro atoms. The molecule has 7 heteroatoms. The van der Waals surface area contributed by atoms with Gasteiger partial charge in [0.15, 0.2) is 0 Å². The van der Waals surface area contributed by atoms with Gasteiger partial charge in [0.2, 0.25) is 5.91 Å². The molecule has 3 N–H and O–H groups in total. The Balaban J connectivity index is 2.26. The van der Waals surface area contributed by atoms with Crippen LogP contribution in [0.25, 0.3) is 0 Å². The third kappa shape index (κ3) is 6.06. The molecule has 2 rings (SSSR count). The molecular formula is C21H36N4O3. The van der Waals surface area contributed by atoms with E-state index in [0.29, 0.717) is 12.3 Å². The van der Waals surface area contributed by atoms with Gasteiger partial charge in [-0.25, -0.2) is 4.98 Å². The normalized spacial score (nSPS) is 23.6. The van der Waals surface area contributed by atoms with Crippen molar-refractivity contribution >= 4 is 11.9 Å². The summed E-state index contributed by atoms with van der Waals surface area (Å²) in [6.07, 6.45) is 7.08. The highest BCUT2D eigenvalue weighted by atomic mass is 16.6. The topological polar surface area (TPSA) is 96.1 Å². The van der Waals surface area contributed by atoms with Crippen molar-refractivity contribution in [1.82, 2.24) is 20.6 Å². The summed E-state index contributed by atoms with van der Waals surface area (Å²) in [6, 6.07) is -0.588. The number of hydrogen-bond acceptors (Lipinski definition) is 5. The number of imidazole rings is 1. The molecular weight excluding hydrogens is 356 g/mol. The molecule has 158 valence electrons. The predicted octanol–water partition coefficient (Wildman–Crippen LogP) is 2.90. The first kappa shape index (κ1) is 22.4. The van der Waals surface area contributed by atoms with E-state index in [-0.39, 0.29) is 29.9 Å². The highest BCUT2D eigenvalue weighted by Crippen LogP contribution is 2.34. The molecule has 0 aliphatic carbocycles. The number of esters is 1. The summed E-state index contributed by atoms with van der Waals surface area (Å²) < 4.78 is 5.60. The Morgan fingerprint density at radius 3 is 2.50 bits per heavy atom. The number of carbonyl (C=O) groups is 2. The molecule has 1 fully saturated rings. The maximum Gasteiger partial charge on any atom is 0.323 e. The first-order valence-corrected chi connectivity index (χ1v) is 10.4. The molecule has 4 atom stereocenters. The number of H-pyrrole nitrogens is 1. The molecule has 0 aromatic carbocycles. The lowest BCUT2D eigenvalue weighted by molar-refractivity contribution is -0.157. The maximum atomic E-state index is 12.7. The molecule has 1 aliphatic heterocycles. The zero-order chi connectivity index (χ0) is 20.9. The van der Waals surface area contributed by atoms with Gasteiger partial charge in [-0.05, 0) is 39.5 Å². The summed E-state index contributed by atoms with van der Waals surface area (Å²) in [6.45, 7) is 11.5. The van der Waals surface area contributed by atoms with Gasteiger partial charge in [-0.1, -0.05) is 26.7 Å². The van der Waals surface area contributed by atoms with Crippen LogP contribution in [-0.4, -0.2) is 45.6 Å². The van der Waals surface area contributed by atoms with Crippen molar-refractivity contribution in [3.63, 3.8) is 0 Å².